The van der Waals surface area contributed by atoms with Crippen LogP contribution in [0.4, 0.5) is 0 Å². The molecule has 0 fully saturated rings. The molecule has 218 valence electrons. The minimum absolute atomic E-state index is 0.00463. The molecule has 0 aromatic rings. The number of Topliss-reactive ketones (excluding diaryl/α,β-unsaturated/α-hetero) is 1. The average Bonchev–Trinajstić information content (AvgIpc) is 2.85. The molecule has 0 saturated carbocycles. The summed E-state index contributed by atoms with van der Waals surface area (Å²) in [5.41, 5.74) is 0. The lowest BCUT2D eigenvalue weighted by Gasteiger charge is -1.80. The Labute approximate surface area is 227 Å². The number of esters is 1. The largest absolute Gasteiger partial charge is 0.469 e. The predicted octanol–water partition coefficient (Wildman–Crippen LogP) is 5.48. The third-order valence-electron chi connectivity index (χ3n) is 2.36. The highest BCUT2D eigenvalue weighted by Gasteiger charge is 1.77. The topological polar surface area (TPSA) is 111 Å². The van der Waals surface area contributed by atoms with Crippen molar-refractivity contribution in [2.45, 2.75) is 82.1 Å². The second-order valence-electron chi connectivity index (χ2n) is 5.82. The Balaban J connectivity index is -0.0000000399. The first-order chi connectivity index (χ1) is 16.2. The zero-order chi connectivity index (χ0) is 30.1. The van der Waals surface area contributed by atoms with Crippen molar-refractivity contribution in [1.82, 2.24) is 10.6 Å². The Kier molecular flexibility index (Phi) is 109. The Morgan fingerprint density at radius 2 is 1.00 bits per heavy atom. The first-order valence-electron chi connectivity index (χ1n) is 11.6. The van der Waals surface area contributed by atoms with Gasteiger partial charge in [-0.2, -0.15) is 11.8 Å². The van der Waals surface area contributed by atoms with Crippen LogP contribution in [0.25, 0.3) is 0 Å². The summed E-state index contributed by atoms with van der Waals surface area (Å²) in [4.78, 5) is 38.9. The average molecular weight is 549 g/mol. The number of methoxy groups -OCH3 is 2. The third kappa shape index (κ3) is 321. The number of rotatable bonds is 4. The summed E-state index contributed by atoms with van der Waals surface area (Å²) < 4.78 is 8.65. The highest BCUT2D eigenvalue weighted by Crippen LogP contribution is 1.88. The van der Waals surface area contributed by atoms with Crippen LogP contribution in [0.1, 0.15) is 82.1 Å². The van der Waals surface area contributed by atoms with Crippen molar-refractivity contribution in [3.8, 4) is 0 Å². The minimum atomic E-state index is -0.245. The van der Waals surface area contributed by atoms with Gasteiger partial charge in [-0.25, -0.2) is 0 Å². The first kappa shape index (κ1) is 54.7. The Morgan fingerprint density at radius 1 is 0.800 bits per heavy atom. The van der Waals surface area contributed by atoms with Crippen molar-refractivity contribution in [1.29, 1.82) is 0 Å². The van der Waals surface area contributed by atoms with Crippen LogP contribution >= 0.6 is 23.5 Å². The molecule has 0 aromatic heterocycles. The quantitative estimate of drug-likeness (QED) is 0.441. The fourth-order valence-corrected chi connectivity index (χ4v) is 0. The number of ketones is 1. The monoisotopic (exact) mass is 548 g/mol. The van der Waals surface area contributed by atoms with Crippen molar-refractivity contribution >= 4 is 46.3 Å². The van der Waals surface area contributed by atoms with E-state index in [2.05, 4.69) is 54.1 Å². The summed E-state index contributed by atoms with van der Waals surface area (Å²) in [7, 11) is 6.56. The number of thioether (sulfide) groups is 2. The van der Waals surface area contributed by atoms with Crippen molar-refractivity contribution in [2.24, 2.45) is 0 Å². The molecule has 0 rings (SSSR count). The maximum atomic E-state index is 9.81. The molecule has 2 N–H and O–H groups in total. The lowest BCUT2D eigenvalue weighted by atomic mass is 10.4. The summed E-state index contributed by atoms with van der Waals surface area (Å²) in [5, 5.41) is 5.49. The van der Waals surface area contributed by atoms with Crippen molar-refractivity contribution in [2.75, 3.05) is 59.7 Å². The van der Waals surface area contributed by atoms with E-state index in [4.69, 9.17) is 0 Å². The molecule has 10 heteroatoms. The van der Waals surface area contributed by atoms with Crippen LogP contribution in [0.3, 0.4) is 0 Å². The standard InChI is InChI=1S/C4H8O.C3H7NO.C3H9N.C3H6O2.C3H6OS.C3H8O.C3H8S.C3H8/c1-3-4(2)5;1-3(5)4-2;1-3-4-2;2*1-3(4)5-2;2*1-3-4-2;1-3-2/h3H2,1-2H3;1-2H3,(H,4,5);4H,3H2,1-2H3;2*1-2H3;2*3H2,1-2H3;3H2,1-2H3. The van der Waals surface area contributed by atoms with Crippen molar-refractivity contribution in [3.63, 3.8) is 0 Å². The minimum Gasteiger partial charge on any atom is -0.469 e. The molecule has 0 spiro atoms. The van der Waals surface area contributed by atoms with Gasteiger partial charge in [-0.1, -0.05) is 52.8 Å². The van der Waals surface area contributed by atoms with Crippen LogP contribution < -0.4 is 10.6 Å². The smallest absolute Gasteiger partial charge is 0.302 e. The molecule has 0 unspecified atom stereocenters. The number of carbonyl (C=O) groups excluding carboxylic acids is 4. The fraction of sp³-hybridized carbons (Fsp3) is 0.840. The SMILES string of the molecule is CCC.CCC(C)=O.CCNC.CCOC.CCSC.CNC(C)=O.COC(C)=O.CSC(C)=O. The molecule has 0 aliphatic carbocycles. The molecule has 1 amide bonds. The molecule has 0 aliphatic rings. The van der Waals surface area contributed by atoms with E-state index in [0.29, 0.717) is 6.42 Å². The highest BCUT2D eigenvalue weighted by molar-refractivity contribution is 8.12. The molecule has 0 radical (unpaired) electrons. The Hall–Kier alpha value is -1.10. The summed E-state index contributed by atoms with van der Waals surface area (Å²) in [5.74, 6) is 1.25. The second-order valence-corrected chi connectivity index (χ2v) is 7.96. The maximum absolute atomic E-state index is 9.81. The molecular formula is C25H60N2O6S2. The van der Waals surface area contributed by atoms with Gasteiger partial charge in [0, 0.05) is 48.0 Å². The second kappa shape index (κ2) is 69.8. The Bertz CT molecular complexity index is 315. The number of carbonyl (C=O) groups is 4. The van der Waals surface area contributed by atoms with E-state index in [9.17, 15) is 19.2 Å². The normalized spacial score (nSPS) is 7.20. The van der Waals surface area contributed by atoms with Gasteiger partial charge in [0.1, 0.15) is 5.78 Å². The number of hydrogen-bond donors (Lipinski definition) is 2. The summed E-state index contributed by atoms with van der Waals surface area (Å²) in [6.07, 6.45) is 5.78. The summed E-state index contributed by atoms with van der Waals surface area (Å²) in [6.45, 7) is 20.1. The van der Waals surface area contributed by atoms with Gasteiger partial charge in [0.05, 0.1) is 7.11 Å². The van der Waals surface area contributed by atoms with E-state index in [-0.39, 0.29) is 22.8 Å². The number of nitrogens with one attached hydrogen (secondary N) is 2. The van der Waals surface area contributed by atoms with Gasteiger partial charge < -0.3 is 24.9 Å². The molecule has 0 saturated heterocycles. The van der Waals surface area contributed by atoms with Crippen LogP contribution in [0.2, 0.25) is 0 Å². The lowest BCUT2D eigenvalue weighted by molar-refractivity contribution is -0.138. The zero-order valence-electron chi connectivity index (χ0n) is 25.8. The van der Waals surface area contributed by atoms with E-state index >= 15 is 0 Å². The number of hydrogen-bond acceptors (Lipinski definition) is 9. The molecule has 0 heterocycles. The fourth-order valence-electron chi connectivity index (χ4n) is 0. The van der Waals surface area contributed by atoms with Gasteiger partial charge in [-0.15, -0.1) is 0 Å². The van der Waals surface area contributed by atoms with E-state index < -0.39 is 0 Å². The van der Waals surface area contributed by atoms with E-state index in [1.807, 2.05) is 32.7 Å². The molecule has 0 aliphatic heterocycles. The van der Waals surface area contributed by atoms with Crippen molar-refractivity contribution < 1.29 is 28.7 Å². The van der Waals surface area contributed by atoms with Gasteiger partial charge in [0.25, 0.3) is 0 Å². The number of amides is 1. The van der Waals surface area contributed by atoms with Gasteiger partial charge in [-0.05, 0) is 45.7 Å². The van der Waals surface area contributed by atoms with Crippen LogP contribution in [-0.2, 0) is 28.7 Å². The van der Waals surface area contributed by atoms with Crippen LogP contribution in [0.5, 0.6) is 0 Å². The van der Waals surface area contributed by atoms with Crippen LogP contribution in [0, 0.1) is 0 Å². The van der Waals surface area contributed by atoms with E-state index in [1.54, 1.807) is 34.3 Å². The van der Waals surface area contributed by atoms with E-state index in [1.165, 1.54) is 44.9 Å². The zero-order valence-corrected chi connectivity index (χ0v) is 27.4. The molecule has 0 bridgehead atoms. The molecule has 0 aromatic carbocycles. The van der Waals surface area contributed by atoms with E-state index in [0.717, 1.165) is 13.2 Å². The Morgan fingerprint density at radius 3 is 1.00 bits per heavy atom. The van der Waals surface area contributed by atoms with Crippen LogP contribution in [-0.4, -0.2) is 82.5 Å². The summed E-state index contributed by atoms with van der Waals surface area (Å²) in [6, 6.07) is 0. The van der Waals surface area contributed by atoms with Gasteiger partial charge in [0.2, 0.25) is 5.91 Å². The van der Waals surface area contributed by atoms with Crippen molar-refractivity contribution in [3.05, 3.63) is 0 Å². The lowest BCUT2D eigenvalue weighted by Crippen LogP contribution is -2.11. The van der Waals surface area contributed by atoms with Gasteiger partial charge in [-0.3, -0.25) is 14.4 Å². The first-order valence-corrected chi connectivity index (χ1v) is 14.3. The van der Waals surface area contributed by atoms with Gasteiger partial charge >= 0.3 is 5.97 Å². The third-order valence-corrected chi connectivity index (χ3v) is 3.51. The number of ether oxygens (including phenoxy) is 2. The molecule has 35 heavy (non-hydrogen) atoms. The summed E-state index contributed by atoms with van der Waals surface area (Å²) >= 11 is 3.10. The molecule has 0 atom stereocenters. The molecule has 8 nitrogen and oxygen atoms in total. The molecular weight excluding hydrogens is 488 g/mol. The van der Waals surface area contributed by atoms with Gasteiger partial charge in [0.15, 0.2) is 5.12 Å². The maximum Gasteiger partial charge on any atom is 0.302 e. The highest BCUT2D eigenvalue weighted by atomic mass is 32.2. The van der Waals surface area contributed by atoms with Crippen LogP contribution in [0.15, 0.2) is 0 Å². The predicted molar refractivity (Wildman–Crippen MR) is 160 cm³/mol.